The number of aryl methyl sites for hydroxylation is 2. The summed E-state index contributed by atoms with van der Waals surface area (Å²) in [7, 11) is -3.35. The van der Waals surface area contributed by atoms with E-state index in [1.807, 2.05) is 20.8 Å². The molecule has 0 aromatic carbocycles. The van der Waals surface area contributed by atoms with Crippen molar-refractivity contribution >= 4 is 33.8 Å². The van der Waals surface area contributed by atoms with E-state index in [1.54, 1.807) is 21.7 Å². The molecule has 1 fully saturated rings. The highest BCUT2D eigenvalue weighted by Crippen LogP contribution is 2.29. The summed E-state index contributed by atoms with van der Waals surface area (Å²) in [5.74, 6) is 0. The summed E-state index contributed by atoms with van der Waals surface area (Å²) in [5.41, 5.74) is 0. The number of nitrogens with zero attached hydrogens (tertiary/aromatic N) is 1. The van der Waals surface area contributed by atoms with Gasteiger partial charge in [-0.05, 0) is 39.3 Å². The molecule has 1 aliphatic heterocycles. The highest BCUT2D eigenvalue weighted by Gasteiger charge is 2.34. The number of thiophene rings is 1. The van der Waals surface area contributed by atoms with Gasteiger partial charge in [0.05, 0.1) is 4.90 Å². The third kappa shape index (κ3) is 3.54. The lowest BCUT2D eigenvalue weighted by Crippen LogP contribution is -2.42. The fourth-order valence-corrected chi connectivity index (χ4v) is 5.87. The molecule has 0 amide bonds. The van der Waals surface area contributed by atoms with Gasteiger partial charge in [0, 0.05) is 28.9 Å². The van der Waals surface area contributed by atoms with Crippen LogP contribution in [-0.4, -0.2) is 38.4 Å². The van der Waals surface area contributed by atoms with Crippen molar-refractivity contribution in [3.8, 4) is 0 Å². The van der Waals surface area contributed by atoms with Gasteiger partial charge in [-0.2, -0.15) is 4.31 Å². The van der Waals surface area contributed by atoms with E-state index in [2.05, 4.69) is 5.32 Å². The molecule has 1 atom stereocenters. The minimum Gasteiger partial charge on any atom is -0.315 e. The molecule has 0 saturated carbocycles. The molecule has 0 radical (unpaired) electrons. The Bertz CT molecular complexity index is 537. The summed E-state index contributed by atoms with van der Waals surface area (Å²) in [6.07, 6.45) is 1.75. The third-order valence-electron chi connectivity index (χ3n) is 3.47. The molecule has 20 heavy (non-hydrogen) atoms. The van der Waals surface area contributed by atoms with Crippen molar-refractivity contribution in [3.63, 3.8) is 0 Å². The topological polar surface area (TPSA) is 49.4 Å². The average molecular weight is 339 g/mol. The van der Waals surface area contributed by atoms with Gasteiger partial charge in [0.15, 0.2) is 0 Å². The molecule has 1 aromatic heterocycles. The van der Waals surface area contributed by atoms with E-state index in [-0.39, 0.29) is 18.4 Å². The number of nitrogens with one attached hydrogen (secondary N) is 1. The zero-order valence-electron chi connectivity index (χ0n) is 12.2. The van der Waals surface area contributed by atoms with Crippen LogP contribution < -0.4 is 5.32 Å². The summed E-state index contributed by atoms with van der Waals surface area (Å²) in [4.78, 5) is 2.44. The Morgan fingerprint density at radius 2 is 2.15 bits per heavy atom. The van der Waals surface area contributed by atoms with E-state index in [9.17, 15) is 8.42 Å². The molecule has 2 rings (SSSR count). The molecule has 0 bridgehead atoms. The lowest BCUT2D eigenvalue weighted by Gasteiger charge is -2.27. The molecule has 1 saturated heterocycles. The predicted octanol–water partition coefficient (Wildman–Crippen LogP) is 2.55. The van der Waals surface area contributed by atoms with Gasteiger partial charge in [-0.1, -0.05) is 6.92 Å². The molecule has 7 heteroatoms. The largest absolute Gasteiger partial charge is 0.315 e. The molecular formula is C13H23ClN2O2S2. The zero-order valence-corrected chi connectivity index (χ0v) is 14.6. The first kappa shape index (κ1) is 17.9. The van der Waals surface area contributed by atoms with E-state index in [4.69, 9.17) is 0 Å². The molecule has 1 aromatic rings. The molecular weight excluding hydrogens is 316 g/mol. The summed E-state index contributed by atoms with van der Waals surface area (Å²) < 4.78 is 27.4. The molecule has 1 aliphatic rings. The number of hydrogen-bond donors (Lipinski definition) is 1. The third-order valence-corrected chi connectivity index (χ3v) is 6.64. The number of sulfonamides is 1. The van der Waals surface area contributed by atoms with Crippen molar-refractivity contribution in [2.24, 2.45) is 0 Å². The molecule has 0 spiro atoms. The van der Waals surface area contributed by atoms with Gasteiger partial charge < -0.3 is 5.32 Å². The van der Waals surface area contributed by atoms with Crippen LogP contribution in [0, 0.1) is 13.8 Å². The summed E-state index contributed by atoms with van der Waals surface area (Å²) >= 11 is 1.55. The average Bonchev–Trinajstić information content (AvgIpc) is 2.95. The van der Waals surface area contributed by atoms with Gasteiger partial charge in [-0.15, -0.1) is 23.7 Å². The van der Waals surface area contributed by atoms with E-state index in [1.165, 1.54) is 0 Å². The minimum absolute atomic E-state index is 0. The van der Waals surface area contributed by atoms with Crippen molar-refractivity contribution < 1.29 is 8.42 Å². The first-order chi connectivity index (χ1) is 8.96. The highest BCUT2D eigenvalue weighted by atomic mass is 35.5. The second-order valence-electron chi connectivity index (χ2n) is 5.04. The second-order valence-corrected chi connectivity index (χ2v) is 8.36. The normalized spacial score (nSPS) is 19.3. The van der Waals surface area contributed by atoms with E-state index >= 15 is 0 Å². The van der Waals surface area contributed by atoms with Crippen LogP contribution in [0.25, 0.3) is 0 Å². The van der Waals surface area contributed by atoms with E-state index in [0.717, 1.165) is 35.7 Å². The Kier molecular flexibility index (Phi) is 6.47. The number of rotatable bonds is 5. The van der Waals surface area contributed by atoms with E-state index < -0.39 is 10.0 Å². The first-order valence-electron chi connectivity index (χ1n) is 6.76. The Balaban J connectivity index is 0.00000200. The van der Waals surface area contributed by atoms with Crippen LogP contribution in [0.3, 0.4) is 0 Å². The standard InChI is InChI=1S/C13H22N2O2S2.ClH/c1-4-7-15(12-5-6-14-9-12)19(16,17)13-8-10(2)18-11(13)3;/h8,12,14H,4-7,9H2,1-3H3;1H. The molecule has 4 nitrogen and oxygen atoms in total. The van der Waals surface area contributed by atoms with Crippen LogP contribution in [0.1, 0.15) is 29.5 Å². The smallest absolute Gasteiger partial charge is 0.244 e. The quantitative estimate of drug-likeness (QED) is 0.897. The van der Waals surface area contributed by atoms with E-state index in [0.29, 0.717) is 11.4 Å². The first-order valence-corrected chi connectivity index (χ1v) is 9.02. The predicted molar refractivity (Wildman–Crippen MR) is 86.5 cm³/mol. The summed E-state index contributed by atoms with van der Waals surface area (Å²) in [5, 5.41) is 3.25. The van der Waals surface area contributed by atoms with Crippen LogP contribution in [0.4, 0.5) is 0 Å². The summed E-state index contributed by atoms with van der Waals surface area (Å²) in [6.45, 7) is 8.14. The van der Waals surface area contributed by atoms with Gasteiger partial charge in [0.2, 0.25) is 10.0 Å². The van der Waals surface area contributed by atoms with Gasteiger partial charge in [0.25, 0.3) is 0 Å². The monoisotopic (exact) mass is 338 g/mol. The van der Waals surface area contributed by atoms with Crippen molar-refractivity contribution in [2.75, 3.05) is 19.6 Å². The van der Waals surface area contributed by atoms with Crippen LogP contribution in [0.2, 0.25) is 0 Å². The number of halogens is 1. The van der Waals surface area contributed by atoms with Crippen LogP contribution in [0.15, 0.2) is 11.0 Å². The molecule has 116 valence electrons. The minimum atomic E-state index is -3.35. The Morgan fingerprint density at radius 1 is 1.45 bits per heavy atom. The maximum absolute atomic E-state index is 12.8. The molecule has 0 aliphatic carbocycles. The van der Waals surface area contributed by atoms with Crippen molar-refractivity contribution in [1.82, 2.24) is 9.62 Å². The lowest BCUT2D eigenvalue weighted by molar-refractivity contribution is 0.335. The molecule has 1 unspecified atom stereocenters. The van der Waals surface area contributed by atoms with Crippen molar-refractivity contribution in [2.45, 2.75) is 44.6 Å². The highest BCUT2D eigenvalue weighted by molar-refractivity contribution is 7.89. The summed E-state index contributed by atoms with van der Waals surface area (Å²) in [6, 6.07) is 1.91. The Labute approximate surface area is 132 Å². The van der Waals surface area contributed by atoms with Crippen LogP contribution in [-0.2, 0) is 10.0 Å². The second kappa shape index (κ2) is 7.22. The Hall–Kier alpha value is -0.140. The van der Waals surface area contributed by atoms with Gasteiger partial charge >= 0.3 is 0 Å². The van der Waals surface area contributed by atoms with Crippen molar-refractivity contribution in [1.29, 1.82) is 0 Å². The maximum atomic E-state index is 12.8. The molecule has 2 heterocycles. The Morgan fingerprint density at radius 3 is 2.60 bits per heavy atom. The maximum Gasteiger partial charge on any atom is 0.244 e. The number of hydrogen-bond acceptors (Lipinski definition) is 4. The van der Waals surface area contributed by atoms with Gasteiger partial charge in [-0.3, -0.25) is 0 Å². The fraction of sp³-hybridized carbons (Fsp3) is 0.692. The lowest BCUT2D eigenvalue weighted by atomic mass is 10.2. The fourth-order valence-electron chi connectivity index (χ4n) is 2.59. The van der Waals surface area contributed by atoms with Gasteiger partial charge in [0.1, 0.15) is 0 Å². The van der Waals surface area contributed by atoms with Crippen molar-refractivity contribution in [3.05, 3.63) is 15.8 Å². The molecule has 1 N–H and O–H groups in total. The van der Waals surface area contributed by atoms with Gasteiger partial charge in [-0.25, -0.2) is 8.42 Å². The SMILES string of the molecule is CCCN(C1CCNC1)S(=O)(=O)c1cc(C)sc1C.Cl. The zero-order chi connectivity index (χ0) is 14.0. The van der Waals surface area contributed by atoms with Crippen LogP contribution >= 0.6 is 23.7 Å². The van der Waals surface area contributed by atoms with Crippen LogP contribution in [0.5, 0.6) is 0 Å².